The molecular weight excluding hydrogens is 312 g/mol. The molecule has 1 aromatic rings. The summed E-state index contributed by atoms with van der Waals surface area (Å²) < 4.78 is 27.8. The molecule has 0 bridgehead atoms. The summed E-state index contributed by atoms with van der Waals surface area (Å²) in [5.74, 6) is -0.388. The Balaban J connectivity index is 1.98. The molecule has 0 heterocycles. The van der Waals surface area contributed by atoms with Crippen LogP contribution in [0.25, 0.3) is 0 Å². The van der Waals surface area contributed by atoms with Crippen molar-refractivity contribution in [3.05, 3.63) is 33.8 Å². The highest BCUT2D eigenvalue weighted by Gasteiger charge is 2.20. The monoisotopic (exact) mass is 331 g/mol. The van der Waals surface area contributed by atoms with Crippen LogP contribution >= 0.6 is 15.9 Å². The summed E-state index contributed by atoms with van der Waals surface area (Å²) >= 11 is 3.09. The molecule has 19 heavy (non-hydrogen) atoms. The summed E-state index contributed by atoms with van der Waals surface area (Å²) in [5.41, 5.74) is 6.18. The molecule has 1 aliphatic carbocycles. The summed E-state index contributed by atoms with van der Waals surface area (Å²) in [6.07, 6.45) is 7.38. The minimum atomic E-state index is -0.515. The summed E-state index contributed by atoms with van der Waals surface area (Å²) in [4.78, 5) is 0. The van der Waals surface area contributed by atoms with E-state index >= 15 is 0 Å². The Morgan fingerprint density at radius 3 is 2.58 bits per heavy atom. The van der Waals surface area contributed by atoms with Gasteiger partial charge in [0, 0.05) is 11.6 Å². The van der Waals surface area contributed by atoms with Crippen molar-refractivity contribution in [3.8, 4) is 0 Å². The molecule has 106 valence electrons. The molecule has 4 heteroatoms. The molecule has 1 aliphatic rings. The first-order valence-electron chi connectivity index (χ1n) is 6.96. The van der Waals surface area contributed by atoms with Gasteiger partial charge >= 0.3 is 0 Å². The molecule has 1 nitrogen and oxygen atoms in total. The number of hydrogen-bond acceptors (Lipinski definition) is 1. The van der Waals surface area contributed by atoms with E-state index in [4.69, 9.17) is 5.73 Å². The van der Waals surface area contributed by atoms with Crippen molar-refractivity contribution in [1.29, 1.82) is 0 Å². The highest BCUT2D eigenvalue weighted by Crippen LogP contribution is 2.29. The number of halogens is 3. The molecule has 0 saturated heterocycles. The molecule has 0 radical (unpaired) electrons. The number of hydrogen-bond donors (Lipinski definition) is 1. The van der Waals surface area contributed by atoms with Crippen molar-refractivity contribution in [2.45, 2.75) is 51.0 Å². The normalized spacial score (nSPS) is 18.5. The molecule has 0 aromatic heterocycles. The fraction of sp³-hybridized carbons (Fsp3) is 0.600. The minimum Gasteiger partial charge on any atom is -0.327 e. The Morgan fingerprint density at radius 2 is 1.89 bits per heavy atom. The van der Waals surface area contributed by atoms with Crippen molar-refractivity contribution in [2.75, 3.05) is 0 Å². The summed E-state index contributed by atoms with van der Waals surface area (Å²) in [7, 11) is 0. The average molecular weight is 332 g/mol. The number of nitrogens with two attached hydrogens (primary N) is 1. The van der Waals surface area contributed by atoms with Gasteiger partial charge in [-0.05, 0) is 46.8 Å². The van der Waals surface area contributed by atoms with Gasteiger partial charge in [0.05, 0.1) is 4.47 Å². The van der Waals surface area contributed by atoms with Crippen LogP contribution in [0, 0.1) is 17.6 Å². The van der Waals surface area contributed by atoms with Gasteiger partial charge in [-0.25, -0.2) is 8.78 Å². The largest absolute Gasteiger partial charge is 0.327 e. The second-order valence-electron chi connectivity index (χ2n) is 5.53. The maximum Gasteiger partial charge on any atom is 0.143 e. The van der Waals surface area contributed by atoms with Crippen molar-refractivity contribution in [2.24, 2.45) is 11.7 Å². The number of benzene rings is 1. The third-order valence-corrected chi connectivity index (χ3v) is 4.58. The Hall–Kier alpha value is -0.480. The van der Waals surface area contributed by atoms with E-state index in [0.717, 1.165) is 6.42 Å². The van der Waals surface area contributed by atoms with Gasteiger partial charge in [-0.3, -0.25) is 0 Å². The smallest absolute Gasteiger partial charge is 0.143 e. The molecule has 1 saturated carbocycles. The van der Waals surface area contributed by atoms with E-state index in [9.17, 15) is 8.78 Å². The van der Waals surface area contributed by atoms with Gasteiger partial charge in [0.25, 0.3) is 0 Å². The zero-order valence-corrected chi connectivity index (χ0v) is 12.6. The van der Waals surface area contributed by atoms with Crippen LogP contribution in [0.4, 0.5) is 8.78 Å². The topological polar surface area (TPSA) is 26.0 Å². The van der Waals surface area contributed by atoms with Crippen LogP contribution in [0.3, 0.4) is 0 Å². The standard InChI is InChI=1S/C15H20BrF2N/c16-13-6-7-14(17)12(15(13)18)9-11(19)8-10-4-2-1-3-5-10/h6-7,10-11H,1-5,8-9,19H2. The van der Waals surface area contributed by atoms with Crippen molar-refractivity contribution in [3.63, 3.8) is 0 Å². The zero-order chi connectivity index (χ0) is 13.8. The lowest BCUT2D eigenvalue weighted by molar-refractivity contribution is 0.315. The van der Waals surface area contributed by atoms with Gasteiger partial charge in [-0.2, -0.15) is 0 Å². The van der Waals surface area contributed by atoms with Crippen LogP contribution in [0.1, 0.15) is 44.1 Å². The molecule has 1 aromatic carbocycles. The van der Waals surface area contributed by atoms with Crippen molar-refractivity contribution in [1.82, 2.24) is 0 Å². The van der Waals surface area contributed by atoms with Crippen LogP contribution < -0.4 is 5.73 Å². The molecule has 0 amide bonds. The van der Waals surface area contributed by atoms with Gasteiger partial charge in [0.2, 0.25) is 0 Å². The molecule has 1 fully saturated rings. The van der Waals surface area contributed by atoms with E-state index < -0.39 is 11.6 Å². The third kappa shape index (κ3) is 3.99. The first kappa shape index (κ1) is 14.9. The van der Waals surface area contributed by atoms with E-state index in [1.54, 1.807) is 0 Å². The quantitative estimate of drug-likeness (QED) is 0.803. The van der Waals surface area contributed by atoms with Gasteiger partial charge in [0.15, 0.2) is 0 Å². The average Bonchev–Trinajstić information content (AvgIpc) is 2.40. The fourth-order valence-corrected chi connectivity index (χ4v) is 3.32. The Kier molecular flexibility index (Phi) is 5.34. The SMILES string of the molecule is NC(Cc1c(F)ccc(Br)c1F)CC1CCCCC1. The first-order chi connectivity index (χ1) is 9.08. The lowest BCUT2D eigenvalue weighted by atomic mass is 9.84. The summed E-state index contributed by atoms with van der Waals surface area (Å²) in [5, 5.41) is 0. The summed E-state index contributed by atoms with van der Waals surface area (Å²) in [6, 6.07) is 2.51. The Morgan fingerprint density at radius 1 is 1.21 bits per heavy atom. The van der Waals surface area contributed by atoms with Crippen LogP contribution in [0.15, 0.2) is 16.6 Å². The highest BCUT2D eigenvalue weighted by atomic mass is 79.9. The number of rotatable bonds is 4. The molecule has 0 spiro atoms. The van der Waals surface area contributed by atoms with Crippen molar-refractivity contribution < 1.29 is 8.78 Å². The maximum absolute atomic E-state index is 13.9. The van der Waals surface area contributed by atoms with E-state index in [0.29, 0.717) is 10.4 Å². The maximum atomic E-state index is 13.9. The fourth-order valence-electron chi connectivity index (χ4n) is 2.95. The molecule has 2 rings (SSSR count). The van der Waals surface area contributed by atoms with Gasteiger partial charge in [-0.15, -0.1) is 0 Å². The van der Waals surface area contributed by atoms with Gasteiger partial charge < -0.3 is 5.73 Å². The third-order valence-electron chi connectivity index (χ3n) is 3.97. The zero-order valence-electron chi connectivity index (χ0n) is 11.0. The second kappa shape index (κ2) is 6.80. The predicted octanol–water partition coefficient (Wildman–Crippen LogP) is 4.57. The van der Waals surface area contributed by atoms with E-state index in [2.05, 4.69) is 15.9 Å². The minimum absolute atomic E-state index is 0.109. The van der Waals surface area contributed by atoms with E-state index in [1.807, 2.05) is 0 Å². The highest BCUT2D eigenvalue weighted by molar-refractivity contribution is 9.10. The van der Waals surface area contributed by atoms with E-state index in [-0.39, 0.29) is 18.0 Å². The lowest BCUT2D eigenvalue weighted by Crippen LogP contribution is -2.28. The second-order valence-corrected chi connectivity index (χ2v) is 6.38. The van der Waals surface area contributed by atoms with Gasteiger partial charge in [0.1, 0.15) is 11.6 Å². The summed E-state index contributed by atoms with van der Waals surface area (Å²) in [6.45, 7) is 0. The van der Waals surface area contributed by atoms with Crippen molar-refractivity contribution >= 4 is 15.9 Å². The lowest BCUT2D eigenvalue weighted by Gasteiger charge is -2.24. The predicted molar refractivity (Wildman–Crippen MR) is 76.9 cm³/mol. The molecule has 1 atom stereocenters. The molecule has 2 N–H and O–H groups in total. The van der Waals surface area contributed by atoms with Crippen LogP contribution in [0.2, 0.25) is 0 Å². The molecule has 0 aliphatic heterocycles. The molecule has 1 unspecified atom stereocenters. The van der Waals surface area contributed by atoms with Crippen LogP contribution in [-0.4, -0.2) is 6.04 Å². The van der Waals surface area contributed by atoms with Gasteiger partial charge in [-0.1, -0.05) is 32.1 Å². The van der Waals surface area contributed by atoms with Crippen LogP contribution in [0.5, 0.6) is 0 Å². The van der Waals surface area contributed by atoms with E-state index in [1.165, 1.54) is 44.2 Å². The Bertz CT molecular complexity index is 430. The van der Waals surface area contributed by atoms with Crippen LogP contribution in [-0.2, 0) is 6.42 Å². The first-order valence-corrected chi connectivity index (χ1v) is 7.75. The molecular formula is C15H20BrF2N. The Labute approximate surface area is 121 Å².